The normalized spacial score (nSPS) is 11.0. The molecule has 0 aromatic heterocycles. The molecule has 0 aliphatic carbocycles. The molecule has 0 saturated heterocycles. The monoisotopic (exact) mass is 345 g/mol. The molecular formula is C25H31N. The highest BCUT2D eigenvalue weighted by atomic mass is 15.1. The van der Waals surface area contributed by atoms with Crippen molar-refractivity contribution in [1.82, 2.24) is 0 Å². The molecule has 1 heteroatoms. The van der Waals surface area contributed by atoms with E-state index in [1.807, 2.05) is 0 Å². The molecule has 0 atom stereocenters. The van der Waals surface area contributed by atoms with E-state index in [0.717, 1.165) is 13.0 Å². The van der Waals surface area contributed by atoms with Gasteiger partial charge in [0.1, 0.15) is 0 Å². The minimum Gasteiger partial charge on any atom is -0.375 e. The predicted molar refractivity (Wildman–Crippen MR) is 115 cm³/mol. The van der Waals surface area contributed by atoms with Crippen LogP contribution in [0.1, 0.15) is 42.9 Å². The first kappa shape index (κ1) is 18.5. The first-order valence-corrected chi connectivity index (χ1v) is 9.96. The van der Waals surface area contributed by atoms with Gasteiger partial charge in [-0.25, -0.2) is 0 Å². The number of fused-ring (bicyclic) bond motifs is 1. The summed E-state index contributed by atoms with van der Waals surface area (Å²) in [6, 6.07) is 22.4. The van der Waals surface area contributed by atoms with E-state index in [1.165, 1.54) is 58.8 Å². The molecule has 3 aromatic carbocycles. The Morgan fingerprint density at radius 1 is 0.769 bits per heavy atom. The third-order valence-electron chi connectivity index (χ3n) is 5.29. The predicted octanol–water partition coefficient (Wildman–Crippen LogP) is 6.56. The van der Waals surface area contributed by atoms with Crippen molar-refractivity contribution in [1.29, 1.82) is 0 Å². The van der Waals surface area contributed by atoms with Crippen molar-refractivity contribution in [2.24, 2.45) is 0 Å². The molecule has 0 N–H and O–H groups in total. The second-order valence-electron chi connectivity index (χ2n) is 7.40. The molecule has 136 valence electrons. The van der Waals surface area contributed by atoms with Crippen molar-refractivity contribution in [3.63, 3.8) is 0 Å². The Bertz CT molecular complexity index is 850. The van der Waals surface area contributed by atoms with E-state index in [2.05, 4.69) is 86.5 Å². The summed E-state index contributed by atoms with van der Waals surface area (Å²) in [5.41, 5.74) is 5.62. The SMILES string of the molecule is CCCCc1ccc(CCCN(C)c2cccc(C)c2)c2ccccc12. The van der Waals surface area contributed by atoms with E-state index in [-0.39, 0.29) is 0 Å². The van der Waals surface area contributed by atoms with Gasteiger partial charge in [-0.15, -0.1) is 0 Å². The van der Waals surface area contributed by atoms with Crippen LogP contribution in [0, 0.1) is 6.92 Å². The van der Waals surface area contributed by atoms with Gasteiger partial charge in [0, 0.05) is 19.3 Å². The zero-order valence-electron chi connectivity index (χ0n) is 16.5. The number of hydrogen-bond donors (Lipinski definition) is 0. The molecule has 0 saturated carbocycles. The molecule has 0 amide bonds. The van der Waals surface area contributed by atoms with Gasteiger partial charge in [0.15, 0.2) is 0 Å². The van der Waals surface area contributed by atoms with Crippen LogP contribution in [0.3, 0.4) is 0 Å². The number of rotatable bonds is 8. The maximum atomic E-state index is 2.37. The fraction of sp³-hybridized carbons (Fsp3) is 0.360. The van der Waals surface area contributed by atoms with Crippen LogP contribution in [-0.4, -0.2) is 13.6 Å². The van der Waals surface area contributed by atoms with E-state index in [0.29, 0.717) is 0 Å². The van der Waals surface area contributed by atoms with E-state index >= 15 is 0 Å². The second-order valence-corrected chi connectivity index (χ2v) is 7.40. The number of anilines is 1. The molecule has 0 unspecified atom stereocenters. The summed E-state index contributed by atoms with van der Waals surface area (Å²) in [6.45, 7) is 5.50. The van der Waals surface area contributed by atoms with Gasteiger partial charge in [-0.1, -0.05) is 61.9 Å². The van der Waals surface area contributed by atoms with Gasteiger partial charge in [0.25, 0.3) is 0 Å². The van der Waals surface area contributed by atoms with Crippen LogP contribution in [-0.2, 0) is 12.8 Å². The third kappa shape index (κ3) is 4.46. The van der Waals surface area contributed by atoms with Crippen LogP contribution >= 0.6 is 0 Å². The average Bonchev–Trinajstić information content (AvgIpc) is 2.67. The highest BCUT2D eigenvalue weighted by molar-refractivity contribution is 5.88. The molecule has 0 spiro atoms. The van der Waals surface area contributed by atoms with Gasteiger partial charge in [-0.3, -0.25) is 0 Å². The Hall–Kier alpha value is -2.28. The van der Waals surface area contributed by atoms with Crippen molar-refractivity contribution < 1.29 is 0 Å². The standard InChI is InChI=1S/C25H31N/c1-4-5-11-21-16-17-22(25-15-7-6-14-24(21)25)12-9-18-26(3)23-13-8-10-20(2)19-23/h6-8,10,13-17,19H,4-5,9,11-12,18H2,1-3H3. The summed E-state index contributed by atoms with van der Waals surface area (Å²) >= 11 is 0. The van der Waals surface area contributed by atoms with Crippen molar-refractivity contribution in [3.8, 4) is 0 Å². The lowest BCUT2D eigenvalue weighted by Crippen LogP contribution is -2.19. The van der Waals surface area contributed by atoms with Crippen molar-refractivity contribution in [2.75, 3.05) is 18.5 Å². The number of nitrogens with zero attached hydrogens (tertiary/aromatic N) is 1. The molecule has 0 fully saturated rings. The molecule has 26 heavy (non-hydrogen) atoms. The highest BCUT2D eigenvalue weighted by Crippen LogP contribution is 2.25. The lowest BCUT2D eigenvalue weighted by atomic mass is 9.94. The van der Waals surface area contributed by atoms with E-state index in [9.17, 15) is 0 Å². The molecule has 0 bridgehead atoms. The van der Waals surface area contributed by atoms with Crippen LogP contribution in [0.4, 0.5) is 5.69 Å². The second kappa shape index (κ2) is 8.89. The van der Waals surface area contributed by atoms with E-state index in [4.69, 9.17) is 0 Å². The largest absolute Gasteiger partial charge is 0.375 e. The van der Waals surface area contributed by atoms with Crippen LogP contribution in [0.2, 0.25) is 0 Å². The third-order valence-corrected chi connectivity index (χ3v) is 5.29. The summed E-state index contributed by atoms with van der Waals surface area (Å²) in [5.74, 6) is 0. The molecule has 3 rings (SSSR count). The molecule has 3 aromatic rings. The minimum absolute atomic E-state index is 1.08. The Morgan fingerprint density at radius 2 is 1.42 bits per heavy atom. The quantitative estimate of drug-likeness (QED) is 0.447. The van der Waals surface area contributed by atoms with Gasteiger partial charge < -0.3 is 4.90 Å². The van der Waals surface area contributed by atoms with Crippen LogP contribution in [0.25, 0.3) is 10.8 Å². The van der Waals surface area contributed by atoms with E-state index in [1.54, 1.807) is 0 Å². The summed E-state index contributed by atoms with van der Waals surface area (Å²) in [5, 5.41) is 2.89. The summed E-state index contributed by atoms with van der Waals surface area (Å²) in [7, 11) is 2.20. The fourth-order valence-electron chi connectivity index (χ4n) is 3.73. The van der Waals surface area contributed by atoms with Gasteiger partial charge in [0.2, 0.25) is 0 Å². The number of unbranched alkanes of at least 4 members (excludes halogenated alkanes) is 1. The number of aryl methyl sites for hydroxylation is 3. The smallest absolute Gasteiger partial charge is 0.0366 e. The Labute approximate surface area is 158 Å². The van der Waals surface area contributed by atoms with Crippen LogP contribution in [0.5, 0.6) is 0 Å². The maximum Gasteiger partial charge on any atom is 0.0366 e. The minimum atomic E-state index is 1.08. The molecule has 0 radical (unpaired) electrons. The van der Waals surface area contributed by atoms with Gasteiger partial charge in [-0.05, 0) is 72.2 Å². The summed E-state index contributed by atoms with van der Waals surface area (Å²) in [6.07, 6.45) is 6.01. The highest BCUT2D eigenvalue weighted by Gasteiger charge is 2.07. The van der Waals surface area contributed by atoms with Gasteiger partial charge in [-0.2, -0.15) is 0 Å². The van der Waals surface area contributed by atoms with Crippen LogP contribution in [0.15, 0.2) is 60.7 Å². The van der Waals surface area contributed by atoms with Crippen LogP contribution < -0.4 is 4.90 Å². The first-order chi connectivity index (χ1) is 12.7. The number of hydrogen-bond acceptors (Lipinski definition) is 1. The molecule has 0 aliphatic heterocycles. The molecule has 0 heterocycles. The number of benzene rings is 3. The lowest BCUT2D eigenvalue weighted by Gasteiger charge is -2.20. The summed E-state index contributed by atoms with van der Waals surface area (Å²) < 4.78 is 0. The topological polar surface area (TPSA) is 3.24 Å². The average molecular weight is 346 g/mol. The maximum absolute atomic E-state index is 2.37. The molecule has 0 aliphatic rings. The van der Waals surface area contributed by atoms with Gasteiger partial charge >= 0.3 is 0 Å². The summed E-state index contributed by atoms with van der Waals surface area (Å²) in [4.78, 5) is 2.37. The van der Waals surface area contributed by atoms with Crippen molar-refractivity contribution >= 4 is 16.5 Å². The first-order valence-electron chi connectivity index (χ1n) is 9.96. The Kier molecular flexibility index (Phi) is 6.33. The van der Waals surface area contributed by atoms with Crippen molar-refractivity contribution in [2.45, 2.75) is 46.0 Å². The Balaban J connectivity index is 1.69. The van der Waals surface area contributed by atoms with Gasteiger partial charge in [0.05, 0.1) is 0 Å². The van der Waals surface area contributed by atoms with E-state index < -0.39 is 0 Å². The zero-order valence-corrected chi connectivity index (χ0v) is 16.5. The zero-order chi connectivity index (χ0) is 18.4. The Morgan fingerprint density at radius 3 is 2.04 bits per heavy atom. The lowest BCUT2D eigenvalue weighted by molar-refractivity contribution is 0.786. The van der Waals surface area contributed by atoms with Crippen molar-refractivity contribution in [3.05, 3.63) is 77.4 Å². The molecule has 1 nitrogen and oxygen atoms in total. The fourth-order valence-corrected chi connectivity index (χ4v) is 3.73. The molecular weight excluding hydrogens is 314 g/mol.